The standard InChI is InChI=1S/C30H44N6O6/c1-2-23(15-31-20-37)5-3-4-14-34-28(40)35(18-26-10-6-24(7-11-26)16-32-21-38)30(42)36(29(34)41)19-27-12-8-25(9-13-27)17-33-22-39/h23-27H,2-19H2,1H3. The Balaban J connectivity index is 1.79. The number of carbonyl (C=O) groups excluding carboxylic acids is 3. The van der Waals surface area contributed by atoms with Crippen molar-refractivity contribution in [1.29, 1.82) is 0 Å². The lowest BCUT2D eigenvalue weighted by Crippen LogP contribution is -2.55. The van der Waals surface area contributed by atoms with E-state index in [1.807, 2.05) is 6.92 Å². The average Bonchev–Trinajstić information content (AvgIpc) is 3.01. The van der Waals surface area contributed by atoms with Gasteiger partial charge in [0.1, 0.15) is 0 Å². The summed E-state index contributed by atoms with van der Waals surface area (Å²) in [5.41, 5.74) is -1.65. The van der Waals surface area contributed by atoms with E-state index in [2.05, 4.69) is 15.0 Å². The van der Waals surface area contributed by atoms with Crippen molar-refractivity contribution in [2.45, 2.75) is 104 Å². The van der Waals surface area contributed by atoms with Gasteiger partial charge >= 0.3 is 17.1 Å². The summed E-state index contributed by atoms with van der Waals surface area (Å²) < 4.78 is 3.74. The van der Waals surface area contributed by atoms with Gasteiger partial charge in [0.25, 0.3) is 0 Å². The molecule has 230 valence electrons. The first-order valence-electron chi connectivity index (χ1n) is 15.5. The van der Waals surface area contributed by atoms with E-state index in [1.165, 1.54) is 13.7 Å². The van der Waals surface area contributed by atoms with Crippen molar-refractivity contribution in [3.8, 4) is 0 Å². The number of isocyanates is 3. The van der Waals surface area contributed by atoms with E-state index in [0.717, 1.165) is 70.6 Å². The molecule has 1 aromatic rings. The maximum Gasteiger partial charge on any atom is 0.336 e. The fourth-order valence-electron chi connectivity index (χ4n) is 6.52. The first-order valence-corrected chi connectivity index (χ1v) is 15.5. The second-order valence-electron chi connectivity index (χ2n) is 12.1. The summed E-state index contributed by atoms with van der Waals surface area (Å²) in [4.78, 5) is 83.3. The van der Waals surface area contributed by atoms with Crippen molar-refractivity contribution >= 4 is 18.2 Å². The fraction of sp³-hybridized carbons (Fsp3) is 0.800. The molecule has 12 nitrogen and oxygen atoms in total. The Morgan fingerprint density at radius 2 is 1.07 bits per heavy atom. The first kappa shape index (κ1) is 33.1. The summed E-state index contributed by atoms with van der Waals surface area (Å²) in [6.07, 6.45) is 14.6. The van der Waals surface area contributed by atoms with Crippen LogP contribution in [0.1, 0.15) is 84.0 Å². The molecule has 0 saturated heterocycles. The number of nitrogens with zero attached hydrogens (tertiary/aromatic N) is 6. The second-order valence-corrected chi connectivity index (χ2v) is 12.1. The molecule has 2 aliphatic carbocycles. The molecular formula is C30H44N6O6. The van der Waals surface area contributed by atoms with Gasteiger partial charge in [-0.1, -0.05) is 19.8 Å². The number of hydrogen-bond acceptors (Lipinski definition) is 9. The van der Waals surface area contributed by atoms with Crippen LogP contribution in [0.4, 0.5) is 0 Å². The van der Waals surface area contributed by atoms with E-state index >= 15 is 0 Å². The normalized spacial score (nSPS) is 22.8. The molecule has 1 heterocycles. The second kappa shape index (κ2) is 17.5. The van der Waals surface area contributed by atoms with Crippen LogP contribution in [0, 0.1) is 29.6 Å². The number of rotatable bonds is 16. The van der Waals surface area contributed by atoms with Crippen LogP contribution in [0.15, 0.2) is 29.4 Å². The van der Waals surface area contributed by atoms with Gasteiger partial charge in [-0.3, -0.25) is 0 Å². The van der Waals surface area contributed by atoms with Gasteiger partial charge in [0, 0.05) is 19.6 Å². The smallest absolute Gasteiger partial charge is 0.247 e. The highest BCUT2D eigenvalue weighted by Gasteiger charge is 2.26. The molecule has 42 heavy (non-hydrogen) atoms. The third-order valence-corrected chi connectivity index (χ3v) is 9.26. The molecule has 0 spiro atoms. The van der Waals surface area contributed by atoms with Crippen LogP contribution in [0.25, 0.3) is 0 Å². The predicted molar refractivity (Wildman–Crippen MR) is 157 cm³/mol. The lowest BCUT2D eigenvalue weighted by atomic mass is 9.82. The number of aromatic nitrogens is 3. The van der Waals surface area contributed by atoms with Gasteiger partial charge < -0.3 is 0 Å². The van der Waals surface area contributed by atoms with Crippen LogP contribution in [0.3, 0.4) is 0 Å². The van der Waals surface area contributed by atoms with E-state index in [-0.39, 0.29) is 37.4 Å². The minimum absolute atomic E-state index is 0.128. The molecule has 0 aromatic carbocycles. The molecule has 1 aromatic heterocycles. The molecule has 0 N–H and O–H groups in total. The van der Waals surface area contributed by atoms with Gasteiger partial charge in [-0.2, -0.15) is 0 Å². The highest BCUT2D eigenvalue weighted by molar-refractivity contribution is 5.33. The third-order valence-electron chi connectivity index (χ3n) is 9.26. The quantitative estimate of drug-likeness (QED) is 0.165. The van der Waals surface area contributed by atoms with Gasteiger partial charge in [-0.25, -0.2) is 57.4 Å². The van der Waals surface area contributed by atoms with E-state index < -0.39 is 17.1 Å². The Kier molecular flexibility index (Phi) is 13.8. The molecule has 2 aliphatic rings. The topological polar surface area (TPSA) is 154 Å². The molecule has 0 aliphatic heterocycles. The summed E-state index contributed by atoms with van der Waals surface area (Å²) in [5, 5.41) is 0. The lowest BCUT2D eigenvalue weighted by Gasteiger charge is -2.29. The maximum absolute atomic E-state index is 13.6. The number of aliphatic imine (C=N–C) groups is 3. The van der Waals surface area contributed by atoms with E-state index in [4.69, 9.17) is 0 Å². The van der Waals surface area contributed by atoms with Crippen molar-refractivity contribution in [2.24, 2.45) is 44.6 Å². The third kappa shape index (κ3) is 9.55. The molecule has 1 atom stereocenters. The Bertz CT molecular complexity index is 1250. The van der Waals surface area contributed by atoms with E-state index in [9.17, 15) is 28.8 Å². The van der Waals surface area contributed by atoms with Crippen molar-refractivity contribution in [3.05, 3.63) is 31.5 Å². The maximum atomic E-state index is 13.6. The van der Waals surface area contributed by atoms with Crippen LogP contribution in [0.5, 0.6) is 0 Å². The number of hydrogen-bond donors (Lipinski definition) is 0. The van der Waals surface area contributed by atoms with E-state index in [0.29, 0.717) is 37.9 Å². The first-order chi connectivity index (χ1) is 20.4. The summed E-state index contributed by atoms with van der Waals surface area (Å²) in [6.45, 7) is 4.12. The molecule has 3 rings (SSSR count). The molecule has 12 heteroatoms. The van der Waals surface area contributed by atoms with Crippen molar-refractivity contribution in [2.75, 3.05) is 19.6 Å². The van der Waals surface area contributed by atoms with E-state index in [1.54, 1.807) is 18.2 Å². The summed E-state index contributed by atoms with van der Waals surface area (Å²) in [6, 6.07) is 0. The minimum Gasteiger partial charge on any atom is -0.247 e. The zero-order chi connectivity index (χ0) is 30.3. The highest BCUT2D eigenvalue weighted by Crippen LogP contribution is 2.30. The minimum atomic E-state index is -0.554. The van der Waals surface area contributed by atoms with Crippen molar-refractivity contribution in [1.82, 2.24) is 13.7 Å². The lowest BCUT2D eigenvalue weighted by molar-refractivity contribution is 0.232. The Morgan fingerprint density at radius 1 is 0.643 bits per heavy atom. The average molecular weight is 585 g/mol. The molecular weight excluding hydrogens is 540 g/mol. The molecule has 1 unspecified atom stereocenters. The Morgan fingerprint density at radius 3 is 1.50 bits per heavy atom. The zero-order valence-corrected chi connectivity index (χ0v) is 24.7. The molecule has 2 fully saturated rings. The van der Waals surface area contributed by atoms with Crippen LogP contribution in [-0.4, -0.2) is 51.6 Å². The molecule has 0 amide bonds. The molecule has 0 radical (unpaired) electrons. The summed E-state index contributed by atoms with van der Waals surface area (Å²) >= 11 is 0. The van der Waals surface area contributed by atoms with Crippen molar-refractivity contribution in [3.63, 3.8) is 0 Å². The van der Waals surface area contributed by atoms with Crippen LogP contribution in [0.2, 0.25) is 0 Å². The number of unbranched alkanes of at least 4 members (excludes halogenated alkanes) is 1. The predicted octanol–water partition coefficient (Wildman–Crippen LogP) is 2.99. The largest absolute Gasteiger partial charge is 0.336 e. The van der Waals surface area contributed by atoms with Gasteiger partial charge in [0.15, 0.2) is 0 Å². The van der Waals surface area contributed by atoms with Gasteiger partial charge in [0.05, 0.1) is 19.6 Å². The van der Waals surface area contributed by atoms with Crippen LogP contribution >= 0.6 is 0 Å². The summed E-state index contributed by atoms with van der Waals surface area (Å²) in [5.74, 6) is 1.11. The SMILES string of the molecule is CCC(CCCCn1c(=O)n(CC2CCC(CN=C=O)CC2)c(=O)n(CC2CCC(CN=C=O)CC2)c1=O)CN=C=O. The Hall–Kier alpha value is -3.45. The van der Waals surface area contributed by atoms with Gasteiger partial charge in [-0.15, -0.1) is 0 Å². The molecule has 0 bridgehead atoms. The van der Waals surface area contributed by atoms with Gasteiger partial charge in [0.2, 0.25) is 18.2 Å². The summed E-state index contributed by atoms with van der Waals surface area (Å²) in [7, 11) is 0. The monoisotopic (exact) mass is 584 g/mol. The fourth-order valence-corrected chi connectivity index (χ4v) is 6.52. The van der Waals surface area contributed by atoms with Crippen LogP contribution in [-0.2, 0) is 34.0 Å². The molecule has 2 saturated carbocycles. The van der Waals surface area contributed by atoms with Gasteiger partial charge in [-0.05, 0) is 93.8 Å². The zero-order valence-electron chi connectivity index (χ0n) is 24.7. The Labute approximate surface area is 245 Å². The highest BCUT2D eigenvalue weighted by atomic mass is 16.2. The van der Waals surface area contributed by atoms with Crippen molar-refractivity contribution < 1.29 is 14.4 Å². The van der Waals surface area contributed by atoms with Crippen LogP contribution < -0.4 is 17.1 Å².